The molecule has 4 rings (SSSR count). The zero-order valence-corrected chi connectivity index (χ0v) is 14.9. The van der Waals surface area contributed by atoms with Gasteiger partial charge >= 0.3 is 0 Å². The van der Waals surface area contributed by atoms with Crippen molar-refractivity contribution in [1.82, 2.24) is 10.6 Å². The van der Waals surface area contributed by atoms with Gasteiger partial charge in [-0.25, -0.2) is 0 Å². The molecule has 1 unspecified atom stereocenters. The molecule has 0 bridgehead atoms. The smallest absolute Gasteiger partial charge is 0.255 e. The molecule has 2 aromatic rings. The Kier molecular flexibility index (Phi) is 4.22. The summed E-state index contributed by atoms with van der Waals surface area (Å²) < 4.78 is 10.8. The van der Waals surface area contributed by atoms with E-state index in [-0.39, 0.29) is 18.7 Å². The number of fused-ring (bicyclic) bond motifs is 1. The first-order valence-electron chi connectivity index (χ1n) is 8.16. The quantitative estimate of drug-likeness (QED) is 0.725. The van der Waals surface area contributed by atoms with E-state index in [9.17, 15) is 4.79 Å². The predicted octanol–water partition coefficient (Wildman–Crippen LogP) is 2.85. The average Bonchev–Trinajstić information content (AvgIpc) is 3.09. The number of amides is 1. The molecule has 2 aliphatic rings. The van der Waals surface area contributed by atoms with Crippen LogP contribution < -0.4 is 25.4 Å². The van der Waals surface area contributed by atoms with Crippen molar-refractivity contribution in [3.8, 4) is 11.5 Å². The van der Waals surface area contributed by atoms with Crippen LogP contribution in [-0.4, -0.2) is 17.8 Å². The molecule has 0 aliphatic carbocycles. The van der Waals surface area contributed by atoms with E-state index < -0.39 is 0 Å². The summed E-state index contributed by atoms with van der Waals surface area (Å²) >= 11 is 5.28. The lowest BCUT2D eigenvalue weighted by atomic mass is 9.94. The molecule has 7 heteroatoms. The summed E-state index contributed by atoms with van der Waals surface area (Å²) in [6, 6.07) is 14.6. The number of ether oxygens (including phenoxy) is 2. The molecule has 0 saturated heterocycles. The van der Waals surface area contributed by atoms with Gasteiger partial charge in [0.25, 0.3) is 5.91 Å². The zero-order chi connectivity index (χ0) is 18.1. The van der Waals surface area contributed by atoms with E-state index in [1.54, 1.807) is 0 Å². The van der Waals surface area contributed by atoms with Crippen LogP contribution in [0.15, 0.2) is 59.8 Å². The number of hydrogen-bond acceptors (Lipinski definition) is 4. The van der Waals surface area contributed by atoms with Crippen molar-refractivity contribution < 1.29 is 14.3 Å². The van der Waals surface area contributed by atoms with Crippen LogP contribution in [-0.2, 0) is 4.79 Å². The average molecular weight is 367 g/mol. The SMILES string of the molecule is CC1=C(C(=O)Nc2ccccc2)C(c2ccc3c(c2)OCO3)NC(=S)N1. The minimum Gasteiger partial charge on any atom is -0.454 e. The van der Waals surface area contributed by atoms with E-state index in [1.807, 2.05) is 55.5 Å². The topological polar surface area (TPSA) is 71.6 Å². The van der Waals surface area contributed by atoms with Gasteiger partial charge in [0.05, 0.1) is 11.6 Å². The van der Waals surface area contributed by atoms with E-state index in [0.29, 0.717) is 27.9 Å². The number of thiocarbonyl (C=S) groups is 1. The Labute approximate surface area is 156 Å². The first-order chi connectivity index (χ1) is 12.6. The summed E-state index contributed by atoms with van der Waals surface area (Å²) in [4.78, 5) is 13.0. The largest absolute Gasteiger partial charge is 0.454 e. The van der Waals surface area contributed by atoms with Gasteiger partial charge in [-0.2, -0.15) is 0 Å². The Balaban J connectivity index is 1.68. The fourth-order valence-electron chi connectivity index (χ4n) is 3.06. The normalized spacial score (nSPS) is 18.2. The molecule has 0 radical (unpaired) electrons. The maximum atomic E-state index is 13.0. The molecule has 132 valence electrons. The third-order valence-corrected chi connectivity index (χ3v) is 4.50. The molecule has 1 atom stereocenters. The Hall–Kier alpha value is -3.06. The van der Waals surface area contributed by atoms with Crippen LogP contribution in [0.25, 0.3) is 0 Å². The highest BCUT2D eigenvalue weighted by atomic mass is 32.1. The van der Waals surface area contributed by atoms with Crippen LogP contribution in [0, 0.1) is 0 Å². The predicted molar refractivity (Wildman–Crippen MR) is 102 cm³/mol. The maximum absolute atomic E-state index is 13.0. The second kappa shape index (κ2) is 6.68. The summed E-state index contributed by atoms with van der Waals surface area (Å²) in [5.74, 6) is 1.16. The van der Waals surface area contributed by atoms with E-state index in [4.69, 9.17) is 21.7 Å². The zero-order valence-electron chi connectivity index (χ0n) is 14.0. The molecule has 3 N–H and O–H groups in total. The summed E-state index contributed by atoms with van der Waals surface area (Å²) in [6.07, 6.45) is 0. The van der Waals surface area contributed by atoms with Crippen LogP contribution in [0.4, 0.5) is 5.69 Å². The maximum Gasteiger partial charge on any atom is 0.255 e. The Morgan fingerprint density at radius 1 is 1.15 bits per heavy atom. The van der Waals surface area contributed by atoms with Gasteiger partial charge in [-0.15, -0.1) is 0 Å². The van der Waals surface area contributed by atoms with E-state index in [2.05, 4.69) is 16.0 Å². The number of para-hydroxylation sites is 1. The molecule has 0 fully saturated rings. The van der Waals surface area contributed by atoms with Gasteiger partial charge in [-0.05, 0) is 49.0 Å². The number of rotatable bonds is 3. The summed E-state index contributed by atoms with van der Waals surface area (Å²) in [7, 11) is 0. The lowest BCUT2D eigenvalue weighted by Gasteiger charge is -2.30. The Morgan fingerprint density at radius 2 is 1.92 bits per heavy atom. The van der Waals surface area contributed by atoms with Crippen molar-refractivity contribution in [1.29, 1.82) is 0 Å². The number of carbonyl (C=O) groups is 1. The van der Waals surface area contributed by atoms with E-state index in [0.717, 1.165) is 11.3 Å². The third-order valence-electron chi connectivity index (χ3n) is 4.28. The standard InChI is InChI=1S/C19H17N3O3S/c1-11-16(18(23)21-13-5-3-2-4-6-13)17(22-19(26)20-11)12-7-8-14-15(9-12)25-10-24-14/h2-9,17H,10H2,1H3,(H,21,23)(H2,20,22,26). The molecule has 2 aliphatic heterocycles. The van der Waals surface area contributed by atoms with Gasteiger partial charge in [0.1, 0.15) is 0 Å². The minimum absolute atomic E-state index is 0.195. The minimum atomic E-state index is -0.387. The fourth-order valence-corrected chi connectivity index (χ4v) is 3.33. The molecule has 1 amide bonds. The van der Waals surface area contributed by atoms with Crippen LogP contribution in [0.5, 0.6) is 11.5 Å². The third kappa shape index (κ3) is 3.09. The molecule has 6 nitrogen and oxygen atoms in total. The summed E-state index contributed by atoms with van der Waals surface area (Å²) in [5.41, 5.74) is 2.89. The lowest BCUT2D eigenvalue weighted by molar-refractivity contribution is -0.113. The van der Waals surface area contributed by atoms with Gasteiger partial charge in [0.2, 0.25) is 6.79 Å². The molecule has 0 spiro atoms. The van der Waals surface area contributed by atoms with Gasteiger partial charge in [0, 0.05) is 11.4 Å². The Bertz CT molecular complexity index is 912. The summed E-state index contributed by atoms with van der Waals surface area (Å²) in [6.45, 7) is 2.04. The number of benzene rings is 2. The van der Waals surface area contributed by atoms with Crippen LogP contribution in [0.3, 0.4) is 0 Å². The van der Waals surface area contributed by atoms with Gasteiger partial charge in [-0.1, -0.05) is 24.3 Å². The first kappa shape index (κ1) is 16.4. The van der Waals surface area contributed by atoms with Crippen molar-refractivity contribution >= 4 is 28.9 Å². The van der Waals surface area contributed by atoms with Crippen LogP contribution in [0.2, 0.25) is 0 Å². The van der Waals surface area contributed by atoms with Crippen molar-refractivity contribution in [3.63, 3.8) is 0 Å². The van der Waals surface area contributed by atoms with Crippen molar-refractivity contribution in [2.24, 2.45) is 0 Å². The highest BCUT2D eigenvalue weighted by Gasteiger charge is 2.31. The highest BCUT2D eigenvalue weighted by molar-refractivity contribution is 7.80. The molecule has 26 heavy (non-hydrogen) atoms. The number of allylic oxidation sites excluding steroid dienone is 1. The van der Waals surface area contributed by atoms with Crippen LogP contribution >= 0.6 is 12.2 Å². The van der Waals surface area contributed by atoms with Crippen LogP contribution in [0.1, 0.15) is 18.5 Å². The number of anilines is 1. The fraction of sp³-hybridized carbons (Fsp3) is 0.158. The van der Waals surface area contributed by atoms with Crippen molar-refractivity contribution in [2.75, 3.05) is 12.1 Å². The molecule has 0 aromatic heterocycles. The second-order valence-electron chi connectivity index (χ2n) is 6.00. The van der Waals surface area contributed by atoms with Gasteiger partial charge in [0.15, 0.2) is 16.6 Å². The molecular weight excluding hydrogens is 350 g/mol. The highest BCUT2D eigenvalue weighted by Crippen LogP contribution is 2.37. The number of carbonyl (C=O) groups excluding carboxylic acids is 1. The molecule has 2 heterocycles. The monoisotopic (exact) mass is 367 g/mol. The van der Waals surface area contributed by atoms with Crippen molar-refractivity contribution in [2.45, 2.75) is 13.0 Å². The number of nitrogens with one attached hydrogen (secondary N) is 3. The molecule has 2 aromatic carbocycles. The Morgan fingerprint density at radius 3 is 2.73 bits per heavy atom. The van der Waals surface area contributed by atoms with E-state index >= 15 is 0 Å². The first-order valence-corrected chi connectivity index (χ1v) is 8.57. The van der Waals surface area contributed by atoms with Gasteiger partial charge in [-0.3, -0.25) is 4.79 Å². The second-order valence-corrected chi connectivity index (χ2v) is 6.41. The van der Waals surface area contributed by atoms with E-state index in [1.165, 1.54) is 0 Å². The molecular formula is C19H17N3O3S. The number of hydrogen-bond donors (Lipinski definition) is 3. The van der Waals surface area contributed by atoms with Crippen molar-refractivity contribution in [3.05, 3.63) is 65.4 Å². The lowest BCUT2D eigenvalue weighted by Crippen LogP contribution is -2.45. The van der Waals surface area contributed by atoms with Gasteiger partial charge < -0.3 is 25.4 Å². The molecule has 0 saturated carbocycles. The summed E-state index contributed by atoms with van der Waals surface area (Å²) in [5, 5.41) is 9.61.